The lowest BCUT2D eigenvalue weighted by molar-refractivity contribution is -0.130. The molecule has 0 saturated carbocycles. The Bertz CT molecular complexity index is 1070. The summed E-state index contributed by atoms with van der Waals surface area (Å²) in [6.07, 6.45) is 0. The van der Waals surface area contributed by atoms with Crippen molar-refractivity contribution in [3.63, 3.8) is 0 Å². The average Bonchev–Trinajstić information content (AvgIpc) is 2.76. The van der Waals surface area contributed by atoms with Gasteiger partial charge in [-0.1, -0.05) is 72.3 Å². The molecule has 0 saturated heterocycles. The van der Waals surface area contributed by atoms with Crippen molar-refractivity contribution in [2.75, 3.05) is 13.6 Å². The number of nitrogens with zero attached hydrogens (tertiary/aromatic N) is 2. The molecule has 0 spiro atoms. The van der Waals surface area contributed by atoms with Crippen molar-refractivity contribution < 1.29 is 13.2 Å². The van der Waals surface area contributed by atoms with Crippen molar-refractivity contribution in [3.05, 3.63) is 101 Å². The first kappa shape index (κ1) is 22.0. The highest BCUT2D eigenvalue weighted by Crippen LogP contribution is 2.20. The Morgan fingerprint density at radius 3 is 1.93 bits per heavy atom. The second-order valence-electron chi connectivity index (χ2n) is 6.95. The van der Waals surface area contributed by atoms with Gasteiger partial charge in [0.2, 0.25) is 15.9 Å². The lowest BCUT2D eigenvalue weighted by atomic mass is 10.2. The summed E-state index contributed by atoms with van der Waals surface area (Å²) in [4.78, 5) is 14.6. The Labute approximate surface area is 182 Å². The third-order valence-electron chi connectivity index (χ3n) is 4.65. The topological polar surface area (TPSA) is 57.7 Å². The minimum absolute atomic E-state index is 0.0688. The van der Waals surface area contributed by atoms with Crippen LogP contribution in [0.5, 0.6) is 0 Å². The van der Waals surface area contributed by atoms with Crippen molar-refractivity contribution in [1.29, 1.82) is 0 Å². The van der Waals surface area contributed by atoms with E-state index in [1.54, 1.807) is 49.5 Å². The minimum Gasteiger partial charge on any atom is -0.340 e. The fraction of sp³-hybridized carbons (Fsp3) is 0.174. The van der Waals surface area contributed by atoms with Crippen LogP contribution in [0.1, 0.15) is 11.1 Å². The van der Waals surface area contributed by atoms with Gasteiger partial charge in [-0.3, -0.25) is 4.79 Å². The smallest absolute Gasteiger partial charge is 0.243 e. The van der Waals surface area contributed by atoms with Gasteiger partial charge in [0.15, 0.2) is 0 Å². The molecule has 0 radical (unpaired) electrons. The van der Waals surface area contributed by atoms with Crippen LogP contribution in [-0.4, -0.2) is 37.1 Å². The molecule has 5 nitrogen and oxygen atoms in total. The zero-order valence-electron chi connectivity index (χ0n) is 16.6. The number of hydrogen-bond acceptors (Lipinski definition) is 3. The molecule has 0 aliphatic heterocycles. The quantitative estimate of drug-likeness (QED) is 0.525. The van der Waals surface area contributed by atoms with Gasteiger partial charge in [-0.25, -0.2) is 8.42 Å². The zero-order valence-corrected chi connectivity index (χ0v) is 18.2. The van der Waals surface area contributed by atoms with Crippen LogP contribution < -0.4 is 0 Å². The molecule has 0 atom stereocenters. The first-order valence-corrected chi connectivity index (χ1v) is 11.3. The summed E-state index contributed by atoms with van der Waals surface area (Å²) in [5.41, 5.74) is 1.72. The van der Waals surface area contributed by atoms with Gasteiger partial charge in [0.25, 0.3) is 0 Å². The molecule has 3 rings (SSSR count). The first-order valence-electron chi connectivity index (χ1n) is 9.44. The molecular formula is C23H23ClN2O3S. The summed E-state index contributed by atoms with van der Waals surface area (Å²) >= 11 is 5.94. The molecule has 0 unspecified atom stereocenters. The predicted octanol–water partition coefficient (Wildman–Crippen LogP) is 4.19. The van der Waals surface area contributed by atoms with E-state index in [9.17, 15) is 13.2 Å². The molecule has 0 bridgehead atoms. The molecule has 1 amide bonds. The highest BCUT2D eigenvalue weighted by Gasteiger charge is 2.28. The van der Waals surface area contributed by atoms with E-state index >= 15 is 0 Å². The molecule has 3 aromatic carbocycles. The van der Waals surface area contributed by atoms with Crippen molar-refractivity contribution in [2.45, 2.75) is 18.0 Å². The van der Waals surface area contributed by atoms with Crippen LogP contribution in [0.2, 0.25) is 5.02 Å². The normalized spacial score (nSPS) is 11.4. The summed E-state index contributed by atoms with van der Waals surface area (Å²) in [5.74, 6) is -0.285. The number of carbonyl (C=O) groups is 1. The molecule has 0 aromatic heterocycles. The van der Waals surface area contributed by atoms with E-state index < -0.39 is 10.0 Å². The molecule has 156 valence electrons. The highest BCUT2D eigenvalue weighted by atomic mass is 35.5. The van der Waals surface area contributed by atoms with Crippen LogP contribution in [0.15, 0.2) is 89.8 Å². The van der Waals surface area contributed by atoms with Crippen molar-refractivity contribution in [1.82, 2.24) is 9.21 Å². The monoisotopic (exact) mass is 442 g/mol. The van der Waals surface area contributed by atoms with Crippen LogP contribution in [0.3, 0.4) is 0 Å². The molecule has 0 aliphatic carbocycles. The van der Waals surface area contributed by atoms with Crippen molar-refractivity contribution in [3.8, 4) is 0 Å². The van der Waals surface area contributed by atoms with E-state index in [0.717, 1.165) is 11.1 Å². The van der Waals surface area contributed by atoms with E-state index in [1.807, 2.05) is 30.3 Å². The van der Waals surface area contributed by atoms with Crippen LogP contribution in [0.25, 0.3) is 0 Å². The van der Waals surface area contributed by atoms with Gasteiger partial charge in [0, 0.05) is 25.2 Å². The number of benzene rings is 3. The summed E-state index contributed by atoms with van der Waals surface area (Å²) in [6, 6.07) is 24.6. The Kier molecular flexibility index (Phi) is 7.26. The molecule has 0 heterocycles. The fourth-order valence-electron chi connectivity index (χ4n) is 2.98. The third-order valence-corrected chi connectivity index (χ3v) is 6.71. The SMILES string of the molecule is CN(Cc1ccccc1)C(=O)CN(Cc1ccc(Cl)cc1)S(=O)(=O)c1ccccc1. The van der Waals surface area contributed by atoms with Crippen LogP contribution >= 0.6 is 11.6 Å². The maximum absolute atomic E-state index is 13.2. The van der Waals surface area contributed by atoms with E-state index in [-0.39, 0.29) is 23.9 Å². The third kappa shape index (κ3) is 5.69. The molecular weight excluding hydrogens is 420 g/mol. The van der Waals surface area contributed by atoms with Gasteiger partial charge in [-0.05, 0) is 35.4 Å². The predicted molar refractivity (Wildman–Crippen MR) is 118 cm³/mol. The van der Waals surface area contributed by atoms with Crippen LogP contribution in [-0.2, 0) is 27.9 Å². The minimum atomic E-state index is -3.86. The van der Waals surface area contributed by atoms with Gasteiger partial charge >= 0.3 is 0 Å². The van der Waals surface area contributed by atoms with Gasteiger partial charge in [0.1, 0.15) is 0 Å². The number of amides is 1. The van der Waals surface area contributed by atoms with Gasteiger partial charge < -0.3 is 4.90 Å². The standard InChI is InChI=1S/C23H23ClN2O3S/c1-25(16-19-8-4-2-5-9-19)23(27)18-26(17-20-12-14-21(24)15-13-20)30(28,29)22-10-6-3-7-11-22/h2-15H,16-18H2,1H3. The number of rotatable bonds is 8. The molecule has 0 fully saturated rings. The summed E-state index contributed by atoms with van der Waals surface area (Å²) in [5, 5.41) is 0.565. The Balaban J connectivity index is 1.83. The molecule has 7 heteroatoms. The highest BCUT2D eigenvalue weighted by molar-refractivity contribution is 7.89. The van der Waals surface area contributed by atoms with Gasteiger partial charge in [-0.2, -0.15) is 4.31 Å². The summed E-state index contributed by atoms with van der Waals surface area (Å²) in [7, 11) is -2.19. The second-order valence-corrected chi connectivity index (χ2v) is 9.32. The van der Waals surface area contributed by atoms with Gasteiger partial charge in [0.05, 0.1) is 11.4 Å². The average molecular weight is 443 g/mol. The Morgan fingerprint density at radius 1 is 0.800 bits per heavy atom. The maximum Gasteiger partial charge on any atom is 0.243 e. The summed E-state index contributed by atoms with van der Waals surface area (Å²) in [6.45, 7) is 0.211. The van der Waals surface area contributed by atoms with E-state index in [0.29, 0.717) is 11.6 Å². The number of halogens is 1. The van der Waals surface area contributed by atoms with E-state index in [2.05, 4.69) is 0 Å². The van der Waals surface area contributed by atoms with E-state index in [1.165, 1.54) is 21.3 Å². The number of likely N-dealkylation sites (N-methyl/N-ethyl adjacent to an activating group) is 1. The molecule has 0 aliphatic rings. The lowest BCUT2D eigenvalue weighted by Gasteiger charge is -2.25. The summed E-state index contributed by atoms with van der Waals surface area (Å²) < 4.78 is 27.7. The van der Waals surface area contributed by atoms with Crippen molar-refractivity contribution in [2.24, 2.45) is 0 Å². The second kappa shape index (κ2) is 9.89. The molecule has 30 heavy (non-hydrogen) atoms. The number of sulfonamides is 1. The maximum atomic E-state index is 13.2. The zero-order chi connectivity index (χ0) is 21.6. The van der Waals surface area contributed by atoms with E-state index in [4.69, 9.17) is 11.6 Å². The van der Waals surface area contributed by atoms with Crippen LogP contribution in [0, 0.1) is 0 Å². The Morgan fingerprint density at radius 2 is 1.33 bits per heavy atom. The molecule has 3 aromatic rings. The molecule has 0 N–H and O–H groups in total. The number of carbonyl (C=O) groups excluding carboxylic acids is 1. The first-order chi connectivity index (χ1) is 14.4. The van der Waals surface area contributed by atoms with Crippen LogP contribution in [0.4, 0.5) is 0 Å². The largest absolute Gasteiger partial charge is 0.340 e. The fourth-order valence-corrected chi connectivity index (χ4v) is 4.50. The van der Waals surface area contributed by atoms with Gasteiger partial charge in [-0.15, -0.1) is 0 Å². The lowest BCUT2D eigenvalue weighted by Crippen LogP contribution is -2.40. The Hall–Kier alpha value is -2.67. The van der Waals surface area contributed by atoms with Crippen molar-refractivity contribution >= 4 is 27.5 Å². The number of hydrogen-bond donors (Lipinski definition) is 0.